The number of aliphatic carboxylic acids is 1. The third-order valence-electron chi connectivity index (χ3n) is 12.3. The number of aldehydes is 1. The fourth-order valence-electron chi connectivity index (χ4n) is 8.69. The molecule has 2 saturated heterocycles. The molecule has 10 unspecified atom stereocenters. The lowest BCUT2D eigenvalue weighted by Gasteiger charge is -2.55. The summed E-state index contributed by atoms with van der Waals surface area (Å²) in [6.07, 6.45) is -0.864. The molecular weight excluding hydrogens is 867 g/mol. The van der Waals surface area contributed by atoms with Crippen molar-refractivity contribution in [3.63, 3.8) is 0 Å². The van der Waals surface area contributed by atoms with Gasteiger partial charge in [-0.2, -0.15) is 0 Å². The third kappa shape index (κ3) is 9.06. The number of carboxylic acids is 1. The lowest BCUT2D eigenvalue weighted by atomic mass is 9.72. The zero-order valence-electron chi connectivity index (χ0n) is 35.0. The molecule has 1 amide bonds. The Morgan fingerprint density at radius 2 is 1.86 bits per heavy atom. The number of phenolic OH excluding ortho intramolecular Hbond substituents is 1. The van der Waals surface area contributed by atoms with Crippen molar-refractivity contribution in [2.45, 2.75) is 68.7 Å². The van der Waals surface area contributed by atoms with E-state index < -0.39 is 53.9 Å². The molecule has 3 aromatic carbocycles. The third-order valence-corrected chi connectivity index (χ3v) is 14.4. The van der Waals surface area contributed by atoms with Crippen LogP contribution in [-0.2, 0) is 30.3 Å². The summed E-state index contributed by atoms with van der Waals surface area (Å²) in [5, 5.41) is 71.2. The van der Waals surface area contributed by atoms with Crippen molar-refractivity contribution in [3.05, 3.63) is 107 Å². The van der Waals surface area contributed by atoms with Crippen LogP contribution in [-0.4, -0.2) is 122 Å². The first-order valence-electron chi connectivity index (χ1n) is 20.7. The number of aliphatic imine (C=N–C) groups is 1. The molecule has 0 aliphatic carbocycles. The number of rotatable bonds is 12. The van der Waals surface area contributed by atoms with Crippen LogP contribution >= 0.6 is 21.6 Å². The van der Waals surface area contributed by atoms with Crippen LogP contribution in [0, 0.1) is 17.8 Å². The Morgan fingerprint density at radius 3 is 2.55 bits per heavy atom. The van der Waals surface area contributed by atoms with E-state index in [9.17, 15) is 45.0 Å². The van der Waals surface area contributed by atoms with Gasteiger partial charge in [0.1, 0.15) is 41.3 Å². The minimum absolute atomic E-state index is 0.0208. The van der Waals surface area contributed by atoms with Crippen LogP contribution in [0.5, 0.6) is 17.2 Å². The molecule has 340 valence electrons. The van der Waals surface area contributed by atoms with Gasteiger partial charge in [-0.3, -0.25) is 19.9 Å². The highest BCUT2D eigenvalue weighted by Gasteiger charge is 2.72. The number of carboxylic acid groups (broad SMARTS) is 1. The summed E-state index contributed by atoms with van der Waals surface area (Å²) in [7, 11) is 2.59. The molecule has 18 heteroatoms. The van der Waals surface area contributed by atoms with Gasteiger partial charge in [-0.05, 0) is 77.1 Å². The Kier molecular flexibility index (Phi) is 14.6. The number of hydrogen-bond donors (Lipinski definition) is 8. The quantitative estimate of drug-likeness (QED) is 0.0940. The van der Waals surface area contributed by atoms with Gasteiger partial charge < -0.3 is 55.3 Å². The lowest BCUT2D eigenvalue weighted by molar-refractivity contribution is -0.364. The molecule has 4 aliphatic rings. The van der Waals surface area contributed by atoms with Crippen LogP contribution in [0.1, 0.15) is 42.5 Å². The van der Waals surface area contributed by atoms with E-state index in [2.05, 4.69) is 48.4 Å². The molecule has 7 rings (SSSR count). The summed E-state index contributed by atoms with van der Waals surface area (Å²) in [5.41, 5.74) is 3.54. The molecule has 3 aromatic rings. The Labute approximate surface area is 377 Å². The first-order chi connectivity index (χ1) is 30.7. The van der Waals surface area contributed by atoms with E-state index in [0.717, 1.165) is 17.6 Å². The van der Waals surface area contributed by atoms with Crippen LogP contribution in [0.2, 0.25) is 0 Å². The Bertz CT molecular complexity index is 2340. The molecule has 0 saturated carbocycles. The molecule has 0 bridgehead atoms. The maximum atomic E-state index is 13.4. The number of allylic oxidation sites excluding steroid dienone is 2. The van der Waals surface area contributed by atoms with E-state index in [4.69, 9.17) is 24.7 Å². The number of aliphatic hydroxyl groups is 4. The minimum atomic E-state index is -3.06. The summed E-state index contributed by atoms with van der Waals surface area (Å²) in [6, 6.07) is 17.7. The van der Waals surface area contributed by atoms with Gasteiger partial charge in [-0.1, -0.05) is 90.1 Å². The van der Waals surface area contributed by atoms with Gasteiger partial charge in [0.25, 0.3) is 5.91 Å². The summed E-state index contributed by atoms with van der Waals surface area (Å²) in [6.45, 7) is 4.75. The predicted octanol–water partition coefficient (Wildman–Crippen LogP) is 4.11. The number of benzene rings is 3. The van der Waals surface area contributed by atoms with E-state index in [1.54, 1.807) is 0 Å². The molecule has 0 radical (unpaired) electrons. The van der Waals surface area contributed by atoms with E-state index in [-0.39, 0.29) is 70.7 Å². The molecule has 10 atom stereocenters. The highest BCUT2D eigenvalue weighted by atomic mass is 33.1. The van der Waals surface area contributed by atoms with Gasteiger partial charge in [0, 0.05) is 24.6 Å². The lowest BCUT2D eigenvalue weighted by Crippen LogP contribution is -2.82. The van der Waals surface area contributed by atoms with E-state index in [0.29, 0.717) is 24.3 Å². The maximum Gasteiger partial charge on any atom is 0.335 e. The van der Waals surface area contributed by atoms with Crippen molar-refractivity contribution in [2.75, 3.05) is 24.8 Å². The van der Waals surface area contributed by atoms with Crippen molar-refractivity contribution >= 4 is 63.4 Å². The molecule has 4 aliphatic heterocycles. The van der Waals surface area contributed by atoms with Crippen LogP contribution < -0.4 is 20.5 Å². The average Bonchev–Trinajstić information content (AvgIpc) is 3.82. The van der Waals surface area contributed by atoms with Crippen molar-refractivity contribution in [3.8, 4) is 17.2 Å². The number of aromatic hydroxyl groups is 1. The largest absolute Gasteiger partial charge is 0.508 e. The number of aliphatic hydroxyl groups excluding tert-OH is 3. The van der Waals surface area contributed by atoms with Crippen LogP contribution in [0.25, 0.3) is 17.4 Å². The van der Waals surface area contributed by atoms with E-state index in [1.165, 1.54) is 69.6 Å². The van der Waals surface area contributed by atoms with E-state index in [1.807, 2.05) is 24.4 Å². The fraction of sp³-hybridized carbons (Fsp3) is 0.391. The number of carbonyl (C=O) groups is 3. The van der Waals surface area contributed by atoms with Crippen molar-refractivity contribution in [1.82, 2.24) is 5.32 Å². The molecule has 0 spiro atoms. The van der Waals surface area contributed by atoms with Crippen LogP contribution in [0.4, 0.5) is 0 Å². The van der Waals surface area contributed by atoms with Gasteiger partial charge in [0.05, 0.1) is 17.7 Å². The molecule has 9 N–H and O–H groups in total. The Balaban J connectivity index is 1.24. The highest BCUT2D eigenvalue weighted by molar-refractivity contribution is 8.76. The molecule has 0 aromatic heterocycles. The molecule has 4 heterocycles. The summed E-state index contributed by atoms with van der Waals surface area (Å²) in [5.74, 6) is -3.61. The summed E-state index contributed by atoms with van der Waals surface area (Å²) < 4.78 is 23.9. The van der Waals surface area contributed by atoms with Crippen LogP contribution in [0.3, 0.4) is 0 Å². The summed E-state index contributed by atoms with van der Waals surface area (Å²) >= 11 is 0. The minimum Gasteiger partial charge on any atom is -0.508 e. The average molecular weight is 918 g/mol. The first kappa shape index (κ1) is 46.8. The number of ether oxygens (including phenoxy) is 4. The predicted molar refractivity (Wildman–Crippen MR) is 241 cm³/mol. The smallest absolute Gasteiger partial charge is 0.335 e. The first-order valence-corrected chi connectivity index (χ1v) is 23.2. The zero-order chi connectivity index (χ0) is 45.8. The molecule has 2 fully saturated rings. The monoisotopic (exact) mass is 917 g/mol. The zero-order valence-corrected chi connectivity index (χ0v) is 36.6. The normalized spacial score (nSPS) is 30.2. The number of amides is 1. The highest BCUT2D eigenvalue weighted by Crippen LogP contribution is 2.47. The van der Waals surface area contributed by atoms with Gasteiger partial charge >= 0.3 is 5.97 Å². The van der Waals surface area contributed by atoms with Crippen LogP contribution in [0.15, 0.2) is 89.4 Å². The number of nitrogens with zero attached hydrogens (tertiary/aromatic N) is 1. The van der Waals surface area contributed by atoms with Crippen molar-refractivity contribution in [2.24, 2.45) is 28.5 Å². The second kappa shape index (κ2) is 19.9. The SMILES string of the molecule is CCc1ccccc1C=CCC(C)C1CNC(O)C2(O)C(Oc3ccc4c(c3)OC(C(N)=O)C(c3ccc(O)cc3)=C4O)OC(C(=O)O)C(O)C2(C=O)OCSSCC1C1=CCN=C1. The molecular formula is C46H51N3O13S2. The maximum absolute atomic E-state index is 13.4. The van der Waals surface area contributed by atoms with Crippen molar-refractivity contribution in [1.29, 1.82) is 0 Å². The van der Waals surface area contributed by atoms with Gasteiger partial charge in [-0.25, -0.2) is 4.79 Å². The molecule has 16 nitrogen and oxygen atoms in total. The number of nitrogens with two attached hydrogens (primary N) is 1. The number of phenols is 1. The van der Waals surface area contributed by atoms with E-state index >= 15 is 0 Å². The standard InChI is InChI=1S/C46H51N3O13S2/c1-3-26-8-4-5-9-27(26)10-6-7-25(2)33-21-49-43(57)46(58)44(62-39(42(55)56)40(53)45(46,23-50)59-24-64-63-22-34(33)29-17-18-48-20-29)60-31-15-16-32-35(19-31)61-38(41(47)54)36(37(32)52)28-11-13-30(51)14-12-28/h4-6,8-17,19-20,23,25,33-34,38-40,43-44,49,51-53,57-58H,3,7,18,21-22,24H2,1-2H3,(H2,47,54)(H,55,56). The number of hydrogen-bond acceptors (Lipinski definition) is 16. The van der Waals surface area contributed by atoms with Crippen molar-refractivity contribution < 1.29 is 64.0 Å². The number of primary amides is 1. The van der Waals surface area contributed by atoms with Gasteiger partial charge in [-0.15, -0.1) is 0 Å². The fourth-order valence-corrected chi connectivity index (χ4v) is 10.8. The Hall–Kier alpha value is -5.18. The number of carbonyl (C=O) groups excluding carboxylic acids is 2. The topological polar surface area (TPSA) is 260 Å². The second-order valence-corrected chi connectivity index (χ2v) is 18.5. The molecule has 64 heavy (non-hydrogen) atoms. The number of nitrogens with one attached hydrogen (secondary N) is 1. The number of aryl methyl sites for hydroxylation is 1. The van der Waals surface area contributed by atoms with Gasteiger partial charge in [0.15, 0.2) is 18.0 Å². The summed E-state index contributed by atoms with van der Waals surface area (Å²) in [4.78, 5) is 43.2. The Morgan fingerprint density at radius 1 is 1.09 bits per heavy atom. The second-order valence-electron chi connectivity index (χ2n) is 16.0. The number of fused-ring (bicyclic) bond motifs is 2. The van der Waals surface area contributed by atoms with Gasteiger partial charge in [0.2, 0.25) is 18.0 Å².